The number of phenols is 4. The summed E-state index contributed by atoms with van der Waals surface area (Å²) in [7, 11) is -17.5. The van der Waals surface area contributed by atoms with E-state index in [9.17, 15) is 77.8 Å². The largest absolute Gasteiger partial charge is 2.00 e. The second kappa shape index (κ2) is 28.3. The van der Waals surface area contributed by atoms with E-state index in [1.54, 1.807) is 48.5 Å². The van der Waals surface area contributed by atoms with Crippen LogP contribution in [0.25, 0.3) is 0 Å². The van der Waals surface area contributed by atoms with Crippen LogP contribution in [0.15, 0.2) is 48.5 Å². The van der Waals surface area contributed by atoms with Gasteiger partial charge >= 0.3 is 51.7 Å². The Morgan fingerprint density at radius 2 is 0.402 bits per heavy atom. The van der Waals surface area contributed by atoms with E-state index in [1.165, 1.54) is 0 Å². The first kappa shape index (κ1) is 81.9. The van der Waals surface area contributed by atoms with Gasteiger partial charge in [0.2, 0.25) is 0 Å². The molecule has 1 radical (unpaired) electrons. The van der Waals surface area contributed by atoms with E-state index < -0.39 is 42.7 Å². The minimum absolute atomic E-state index is 0. The van der Waals surface area contributed by atoms with Gasteiger partial charge in [0, 0.05) is 12.3 Å². The van der Waals surface area contributed by atoms with Crippen molar-refractivity contribution in [1.29, 1.82) is 0 Å². The van der Waals surface area contributed by atoms with E-state index in [2.05, 4.69) is 0 Å². The fourth-order valence-electron chi connectivity index (χ4n) is 8.64. The summed E-state index contributed by atoms with van der Waals surface area (Å²) in [6.07, 6.45) is -1.67. The van der Waals surface area contributed by atoms with Gasteiger partial charge in [-0.15, -0.1) is 0 Å². The van der Waals surface area contributed by atoms with E-state index in [-0.39, 0.29) is 115 Å². The van der Waals surface area contributed by atoms with E-state index in [0.29, 0.717) is 66.8 Å². The van der Waals surface area contributed by atoms with Crippen molar-refractivity contribution in [3.8, 4) is 23.0 Å². The second-order valence-electron chi connectivity index (χ2n) is 29.3. The van der Waals surface area contributed by atoms with E-state index in [0.717, 1.165) is 0 Å². The van der Waals surface area contributed by atoms with Gasteiger partial charge in [0.05, 0.1) is 12.3 Å². The quantitative estimate of drug-likeness (QED) is 0.0600. The molecule has 0 aromatic heterocycles. The first-order chi connectivity index (χ1) is 34.9. The molecule has 4 rings (SSSR count). The predicted octanol–water partition coefficient (Wildman–Crippen LogP) is 12.1. The Balaban J connectivity index is 0. The summed E-state index contributed by atoms with van der Waals surface area (Å²) in [4.78, 5) is 80.8. The van der Waals surface area contributed by atoms with Crippen molar-refractivity contribution in [2.45, 2.75) is 234 Å². The molecule has 0 saturated heterocycles. The molecule has 0 spiro atoms. The van der Waals surface area contributed by atoms with E-state index in [1.807, 2.05) is 166 Å². The number of aromatic hydroxyl groups is 4. The maximum atomic E-state index is 11.2. The molecule has 0 aliphatic carbocycles. The van der Waals surface area contributed by atoms with E-state index >= 15 is 0 Å². The molecule has 0 heterocycles. The third kappa shape index (κ3) is 27.3. The third-order valence-corrected chi connectivity index (χ3v) is 15.7. The van der Waals surface area contributed by atoms with Crippen molar-refractivity contribution in [3.63, 3.8) is 0 Å². The molecule has 0 aliphatic rings. The predicted molar refractivity (Wildman–Crippen MR) is 316 cm³/mol. The van der Waals surface area contributed by atoms with Gasteiger partial charge in [-0.25, -0.2) is 0 Å². The molecular formula is C60H96CuO16P4Zn. The number of hydrogen-bond donors (Lipinski definition) is 8. The van der Waals surface area contributed by atoms with Crippen molar-refractivity contribution in [2.75, 3.05) is 0 Å². The van der Waals surface area contributed by atoms with Gasteiger partial charge in [-0.2, -0.15) is 0 Å². The standard InChI is InChI=1S/4C15H25O4P.Cu.Zn/c4*1-14(2,3)11-7-10(9-20(17,18)19)8-12(13(11)16)15(4,5)6;;/h4*7-8,16H,9H2,1-6H3,(H2,17,18,19);;/q;;;;2*+2/p-4. The van der Waals surface area contributed by atoms with Crippen LogP contribution in [0.5, 0.6) is 23.0 Å². The van der Waals surface area contributed by atoms with Crippen LogP contribution in [0.4, 0.5) is 0 Å². The Kier molecular flexibility index (Phi) is 28.3. The van der Waals surface area contributed by atoms with Crippen molar-refractivity contribution in [2.24, 2.45) is 0 Å². The SMILES string of the molecule is CC(C)(C)c1cc(CP(=O)(O)O)cc(C(C)(C)C)c1O.CC(C)(C)c1cc(CP(=O)(O)O)cc(C(C)(C)C)c1O.CC(C)(C)c1cc(CP(=O)([O-])[O-])cc(C(C)(C)C)c1O.CC(C)(C)c1cc(CP(=O)([O-])[O-])cc(C(C)(C)C)c1O.[Cu+2].[Zn+2]. The van der Waals surface area contributed by atoms with Crippen molar-refractivity contribution in [1.82, 2.24) is 0 Å². The molecule has 4 aromatic rings. The van der Waals surface area contributed by atoms with Crippen molar-refractivity contribution in [3.05, 3.63) is 115 Å². The molecule has 0 unspecified atom stereocenters. The summed E-state index contributed by atoms with van der Waals surface area (Å²) < 4.78 is 44.5. The van der Waals surface area contributed by atoms with Crippen molar-refractivity contribution >= 4 is 30.4 Å². The molecule has 0 fully saturated rings. The Labute approximate surface area is 514 Å². The van der Waals surface area contributed by atoms with Gasteiger partial charge in [0.25, 0.3) is 0 Å². The summed E-state index contributed by atoms with van der Waals surface area (Å²) in [6.45, 7) is 46.9. The molecular weight excluding hydrogens is 1230 g/mol. The summed E-state index contributed by atoms with van der Waals surface area (Å²) in [6, 6.07) is 13.3. The van der Waals surface area contributed by atoms with Crippen LogP contribution in [-0.2, 0) is 123 Å². The Hall–Kier alpha value is -2.18. The Morgan fingerprint density at radius 1 is 0.293 bits per heavy atom. The van der Waals surface area contributed by atoms with Crippen LogP contribution >= 0.6 is 30.4 Å². The van der Waals surface area contributed by atoms with Gasteiger partial charge < -0.3 is 68.7 Å². The minimum atomic E-state index is -4.63. The topological polar surface area (TPSA) is 322 Å². The monoisotopic (exact) mass is 1320 g/mol. The molecule has 0 amide bonds. The van der Waals surface area contributed by atoms with Crippen LogP contribution in [0.3, 0.4) is 0 Å². The number of phenolic OH excluding ortho intramolecular Hbond substituents is 4. The normalized spacial score (nSPS) is 13.3. The van der Waals surface area contributed by atoms with Gasteiger partial charge in [-0.05, 0) is 110 Å². The van der Waals surface area contributed by atoms with E-state index in [4.69, 9.17) is 0 Å². The molecule has 0 saturated carbocycles. The van der Waals surface area contributed by atoms with Gasteiger partial charge in [0.15, 0.2) is 0 Å². The molecule has 0 bridgehead atoms. The van der Waals surface area contributed by atoms with Crippen LogP contribution < -0.4 is 19.6 Å². The maximum absolute atomic E-state index is 11.2. The smallest absolute Gasteiger partial charge is 0.810 e. The zero-order valence-corrected chi connectivity index (χ0v) is 60.6. The number of rotatable bonds is 8. The third-order valence-electron chi connectivity index (χ3n) is 12.7. The minimum Gasteiger partial charge on any atom is -0.810 e. The average molecular weight is 1330 g/mol. The van der Waals surface area contributed by atoms with Gasteiger partial charge in [-0.1, -0.05) is 230 Å². The average Bonchev–Trinajstić information content (AvgIpc) is 3.15. The Morgan fingerprint density at radius 3 is 0.488 bits per heavy atom. The van der Waals surface area contributed by atoms with Gasteiger partial charge in [-0.3, -0.25) is 9.13 Å². The number of benzene rings is 4. The van der Waals surface area contributed by atoms with Crippen LogP contribution in [-0.4, -0.2) is 40.0 Å². The van der Waals surface area contributed by atoms with Crippen LogP contribution in [0.1, 0.15) is 233 Å². The molecule has 465 valence electrons. The van der Waals surface area contributed by atoms with Gasteiger partial charge in [0.1, 0.15) is 23.0 Å². The summed E-state index contributed by atoms with van der Waals surface area (Å²) >= 11 is 0. The van der Waals surface area contributed by atoms with Crippen LogP contribution in [0.2, 0.25) is 0 Å². The summed E-state index contributed by atoms with van der Waals surface area (Å²) in [5, 5.41) is 41.9. The zero-order valence-electron chi connectivity index (χ0n) is 53.1. The molecule has 8 N–H and O–H groups in total. The maximum Gasteiger partial charge on any atom is 2.00 e. The summed E-state index contributed by atoms with van der Waals surface area (Å²) in [5.74, 6) is 0.805. The first-order valence-corrected chi connectivity index (χ1v) is 33.5. The zero-order chi connectivity index (χ0) is 63.7. The first-order valence-electron chi connectivity index (χ1n) is 26.5. The van der Waals surface area contributed by atoms with Crippen molar-refractivity contribution < 1.29 is 114 Å². The molecule has 16 nitrogen and oxygen atoms in total. The summed E-state index contributed by atoms with van der Waals surface area (Å²) in [5.41, 5.74) is 4.96. The van der Waals surface area contributed by atoms with Crippen LogP contribution in [0, 0.1) is 0 Å². The molecule has 4 aromatic carbocycles. The molecule has 22 heteroatoms. The second-order valence-corrected chi connectivity index (χ2v) is 35.7. The fraction of sp³-hybridized carbons (Fsp3) is 0.600. The molecule has 0 atom stereocenters. The Bertz CT molecular complexity index is 2460. The molecule has 82 heavy (non-hydrogen) atoms. The molecule has 0 aliphatic heterocycles. The fourth-order valence-corrected chi connectivity index (χ4v) is 11.2. The number of hydrogen-bond acceptors (Lipinski definition) is 12.